The van der Waals surface area contributed by atoms with Crippen LogP contribution in [-0.4, -0.2) is 35.8 Å². The third-order valence-corrected chi connectivity index (χ3v) is 4.62. The Balaban J connectivity index is 2.08. The van der Waals surface area contributed by atoms with Crippen molar-refractivity contribution in [1.82, 2.24) is 15.3 Å². The minimum absolute atomic E-state index is 0.207. The molecule has 4 rings (SSSR count). The zero-order valence-corrected chi connectivity index (χ0v) is 12.5. The highest BCUT2D eigenvalue weighted by atomic mass is 16.2. The van der Waals surface area contributed by atoms with Crippen LogP contribution in [-0.2, 0) is 0 Å². The van der Waals surface area contributed by atoms with Crippen molar-refractivity contribution in [1.29, 1.82) is 0 Å². The second-order valence-electron chi connectivity index (χ2n) is 5.90. The first-order valence-corrected chi connectivity index (χ1v) is 7.69. The number of nitrogens with zero attached hydrogens (tertiary/aromatic N) is 2. The van der Waals surface area contributed by atoms with E-state index in [0.717, 1.165) is 42.6 Å². The summed E-state index contributed by atoms with van der Waals surface area (Å²) >= 11 is 0. The number of carbonyl (C=O) groups excluding carboxylic acids is 2. The number of hydrogen-bond acceptors (Lipinski definition) is 4. The van der Waals surface area contributed by atoms with Gasteiger partial charge in [-0.3, -0.25) is 9.36 Å². The van der Waals surface area contributed by atoms with Crippen LogP contribution in [0.1, 0.15) is 40.4 Å². The maximum atomic E-state index is 12.2. The molecule has 0 radical (unpaired) electrons. The highest BCUT2D eigenvalue weighted by molar-refractivity contribution is 6.16. The van der Waals surface area contributed by atoms with E-state index in [4.69, 9.17) is 5.73 Å². The lowest BCUT2D eigenvalue weighted by Gasteiger charge is -2.24. The number of benzene rings is 1. The molecule has 4 N–H and O–H groups in total. The van der Waals surface area contributed by atoms with E-state index in [1.54, 1.807) is 22.9 Å². The average Bonchev–Trinajstić information content (AvgIpc) is 2.80. The van der Waals surface area contributed by atoms with Crippen molar-refractivity contribution in [3.63, 3.8) is 0 Å². The summed E-state index contributed by atoms with van der Waals surface area (Å²) in [4.78, 5) is 24.3. The van der Waals surface area contributed by atoms with Crippen molar-refractivity contribution in [2.24, 2.45) is 10.8 Å². The van der Waals surface area contributed by atoms with Crippen LogP contribution >= 0.6 is 0 Å². The molecule has 0 atom stereocenters. The van der Waals surface area contributed by atoms with Gasteiger partial charge in [-0.1, -0.05) is 6.07 Å². The molecule has 7 nitrogen and oxygen atoms in total. The van der Waals surface area contributed by atoms with Crippen LogP contribution in [0.2, 0.25) is 0 Å². The van der Waals surface area contributed by atoms with E-state index in [9.17, 15) is 9.59 Å². The summed E-state index contributed by atoms with van der Waals surface area (Å²) in [6.45, 7) is 1.79. The van der Waals surface area contributed by atoms with Crippen LogP contribution in [0.15, 0.2) is 23.3 Å². The molecular formula is C16H17N5O2. The average molecular weight is 311 g/mol. The van der Waals surface area contributed by atoms with E-state index < -0.39 is 6.03 Å². The molecule has 0 aliphatic carbocycles. The number of amides is 2. The molecule has 0 bridgehead atoms. The first-order chi connectivity index (χ1) is 11.2. The van der Waals surface area contributed by atoms with Gasteiger partial charge in [-0.15, -0.1) is 0 Å². The molecule has 1 fully saturated rings. The van der Waals surface area contributed by atoms with Gasteiger partial charge < -0.3 is 11.1 Å². The molecule has 1 saturated heterocycles. The maximum Gasteiger partial charge on any atom is 0.323 e. The Labute approximate surface area is 132 Å². The fourth-order valence-corrected chi connectivity index (χ4v) is 3.66. The molecular weight excluding hydrogens is 294 g/mol. The monoisotopic (exact) mass is 311 g/mol. The van der Waals surface area contributed by atoms with Crippen molar-refractivity contribution >= 4 is 29.1 Å². The SMILES string of the molecule is NC(=O)n1c(C2CCNCC2)c2c3c(cccc31)C(=O)NN=C2. The predicted octanol–water partition coefficient (Wildman–Crippen LogP) is 1.11. The number of carbonyl (C=O) groups is 2. The van der Waals surface area contributed by atoms with Crippen molar-refractivity contribution in [3.8, 4) is 0 Å². The largest absolute Gasteiger partial charge is 0.351 e. The lowest BCUT2D eigenvalue weighted by Crippen LogP contribution is -2.30. The molecule has 2 aliphatic heterocycles. The van der Waals surface area contributed by atoms with Crippen LogP contribution in [0.25, 0.3) is 10.9 Å². The molecule has 1 aromatic heterocycles. The van der Waals surface area contributed by atoms with E-state index in [-0.39, 0.29) is 11.8 Å². The molecule has 23 heavy (non-hydrogen) atoms. The molecule has 2 aliphatic rings. The number of hydrogen-bond donors (Lipinski definition) is 3. The van der Waals surface area contributed by atoms with Gasteiger partial charge in [0.05, 0.1) is 17.3 Å². The fourth-order valence-electron chi connectivity index (χ4n) is 3.66. The molecule has 0 spiro atoms. The predicted molar refractivity (Wildman–Crippen MR) is 86.8 cm³/mol. The molecule has 2 amide bonds. The number of nitrogens with one attached hydrogen (secondary N) is 2. The number of rotatable bonds is 1. The number of aromatic nitrogens is 1. The summed E-state index contributed by atoms with van der Waals surface area (Å²) < 4.78 is 1.55. The minimum atomic E-state index is -0.527. The summed E-state index contributed by atoms with van der Waals surface area (Å²) in [5, 5.41) is 8.09. The van der Waals surface area contributed by atoms with Crippen LogP contribution < -0.4 is 16.5 Å². The van der Waals surface area contributed by atoms with Gasteiger partial charge in [0.25, 0.3) is 5.91 Å². The summed E-state index contributed by atoms with van der Waals surface area (Å²) in [6, 6.07) is 4.80. The Bertz CT molecular complexity index is 846. The summed E-state index contributed by atoms with van der Waals surface area (Å²) in [5.41, 5.74) is 11.0. The number of piperidine rings is 1. The fraction of sp³-hybridized carbons (Fsp3) is 0.312. The Morgan fingerprint density at radius 2 is 2.09 bits per heavy atom. The topological polar surface area (TPSA) is 102 Å². The molecule has 7 heteroatoms. The van der Waals surface area contributed by atoms with Crippen LogP contribution in [0, 0.1) is 0 Å². The van der Waals surface area contributed by atoms with E-state index in [0.29, 0.717) is 11.1 Å². The summed E-state index contributed by atoms with van der Waals surface area (Å²) in [7, 11) is 0. The second kappa shape index (κ2) is 5.20. The summed E-state index contributed by atoms with van der Waals surface area (Å²) in [6.07, 6.45) is 3.47. The molecule has 1 aromatic carbocycles. The lowest BCUT2D eigenvalue weighted by molar-refractivity contribution is 0.0957. The van der Waals surface area contributed by atoms with Gasteiger partial charge in [-0.25, -0.2) is 10.2 Å². The standard InChI is InChI=1S/C16H17N5O2/c17-16(23)21-12-3-1-2-10-13(12)11(8-19-20-15(10)22)14(21)9-4-6-18-7-5-9/h1-3,8-9,18H,4-7H2,(H2,17,23)(H,20,22). The second-order valence-corrected chi connectivity index (χ2v) is 5.90. The third kappa shape index (κ3) is 2.04. The van der Waals surface area contributed by atoms with Crippen molar-refractivity contribution in [3.05, 3.63) is 35.0 Å². The van der Waals surface area contributed by atoms with Gasteiger partial charge in [0.15, 0.2) is 0 Å². The highest BCUT2D eigenvalue weighted by Crippen LogP contribution is 2.36. The first kappa shape index (κ1) is 14.0. The van der Waals surface area contributed by atoms with Crippen LogP contribution in [0.4, 0.5) is 4.79 Å². The van der Waals surface area contributed by atoms with Gasteiger partial charge in [0.2, 0.25) is 0 Å². The van der Waals surface area contributed by atoms with E-state index in [1.165, 1.54) is 0 Å². The first-order valence-electron chi connectivity index (χ1n) is 7.69. The van der Waals surface area contributed by atoms with Gasteiger partial charge >= 0.3 is 6.03 Å². The number of nitrogens with two attached hydrogens (primary N) is 1. The lowest BCUT2D eigenvalue weighted by atomic mass is 9.91. The van der Waals surface area contributed by atoms with E-state index in [2.05, 4.69) is 15.8 Å². The zero-order valence-electron chi connectivity index (χ0n) is 12.5. The van der Waals surface area contributed by atoms with E-state index in [1.807, 2.05) is 6.07 Å². The number of primary amides is 1. The minimum Gasteiger partial charge on any atom is -0.351 e. The quantitative estimate of drug-likeness (QED) is 0.735. The molecule has 0 saturated carbocycles. The Morgan fingerprint density at radius 3 is 2.83 bits per heavy atom. The normalized spacial score (nSPS) is 18.0. The van der Waals surface area contributed by atoms with E-state index >= 15 is 0 Å². The Kier molecular flexibility index (Phi) is 3.16. The van der Waals surface area contributed by atoms with Gasteiger partial charge in [-0.2, -0.15) is 5.10 Å². The smallest absolute Gasteiger partial charge is 0.323 e. The van der Waals surface area contributed by atoms with Crippen molar-refractivity contribution < 1.29 is 9.59 Å². The Hall–Kier alpha value is -2.67. The third-order valence-electron chi connectivity index (χ3n) is 4.62. The van der Waals surface area contributed by atoms with Crippen LogP contribution in [0.5, 0.6) is 0 Å². The number of hydrazone groups is 1. The molecule has 118 valence electrons. The molecule has 0 unspecified atom stereocenters. The highest BCUT2D eigenvalue weighted by Gasteiger charge is 2.30. The van der Waals surface area contributed by atoms with Gasteiger partial charge in [-0.05, 0) is 38.1 Å². The Morgan fingerprint density at radius 1 is 1.30 bits per heavy atom. The zero-order chi connectivity index (χ0) is 16.0. The van der Waals surface area contributed by atoms with Crippen molar-refractivity contribution in [2.75, 3.05) is 13.1 Å². The van der Waals surface area contributed by atoms with Gasteiger partial charge in [0.1, 0.15) is 0 Å². The van der Waals surface area contributed by atoms with Gasteiger partial charge in [0, 0.05) is 22.6 Å². The molecule has 2 aromatic rings. The maximum absolute atomic E-state index is 12.2. The summed E-state index contributed by atoms with van der Waals surface area (Å²) in [5.74, 6) is -0.0669. The van der Waals surface area contributed by atoms with Crippen molar-refractivity contribution in [2.45, 2.75) is 18.8 Å². The van der Waals surface area contributed by atoms with Crippen LogP contribution in [0.3, 0.4) is 0 Å². The molecule has 3 heterocycles.